The molecule has 1 fully saturated rings. The van der Waals surface area contributed by atoms with E-state index in [9.17, 15) is 4.79 Å². The molecule has 6 nitrogen and oxygen atoms in total. The smallest absolute Gasteiger partial charge is 0.269 e. The summed E-state index contributed by atoms with van der Waals surface area (Å²) in [5, 5.41) is 10.0. The molecule has 2 N–H and O–H groups in total. The Kier molecular flexibility index (Phi) is 4.48. The molecule has 0 saturated carbocycles. The van der Waals surface area contributed by atoms with Gasteiger partial charge in [-0.05, 0) is 44.1 Å². The summed E-state index contributed by atoms with van der Waals surface area (Å²) in [4.78, 5) is 18.6. The summed E-state index contributed by atoms with van der Waals surface area (Å²) in [5.74, 6) is -0.101. The van der Waals surface area contributed by atoms with Gasteiger partial charge in [-0.3, -0.25) is 19.8 Å². The van der Waals surface area contributed by atoms with Crippen LogP contribution in [0.5, 0.6) is 0 Å². The lowest BCUT2D eigenvalue weighted by molar-refractivity contribution is 0.0936. The van der Waals surface area contributed by atoms with E-state index < -0.39 is 0 Å². The van der Waals surface area contributed by atoms with Crippen molar-refractivity contribution in [2.75, 3.05) is 19.6 Å². The lowest BCUT2D eigenvalue weighted by atomic mass is 10.2. The van der Waals surface area contributed by atoms with Gasteiger partial charge in [0.05, 0.1) is 5.69 Å². The molecule has 1 aliphatic rings. The molecular formula is C16H21N5O. The predicted octanol–water partition coefficient (Wildman–Crippen LogP) is 1.69. The highest BCUT2D eigenvalue weighted by Crippen LogP contribution is 2.17. The van der Waals surface area contributed by atoms with Gasteiger partial charge < -0.3 is 5.32 Å². The monoisotopic (exact) mass is 299 g/mol. The molecule has 1 atom stereocenters. The molecule has 2 aromatic rings. The van der Waals surface area contributed by atoms with E-state index in [1.807, 2.05) is 12.1 Å². The van der Waals surface area contributed by atoms with Gasteiger partial charge in [-0.2, -0.15) is 5.10 Å². The van der Waals surface area contributed by atoms with Crippen molar-refractivity contribution in [3.63, 3.8) is 0 Å². The Hall–Kier alpha value is -2.21. The number of likely N-dealkylation sites (tertiary alicyclic amines) is 1. The van der Waals surface area contributed by atoms with E-state index in [0.717, 1.165) is 30.8 Å². The second-order valence-electron chi connectivity index (χ2n) is 5.54. The fourth-order valence-electron chi connectivity index (χ4n) is 2.96. The zero-order valence-electron chi connectivity index (χ0n) is 12.7. The van der Waals surface area contributed by atoms with Gasteiger partial charge in [-0.25, -0.2) is 0 Å². The Morgan fingerprint density at radius 3 is 3.05 bits per heavy atom. The van der Waals surface area contributed by atoms with E-state index in [1.54, 1.807) is 18.5 Å². The third-order valence-electron chi connectivity index (χ3n) is 4.20. The molecule has 0 spiro atoms. The van der Waals surface area contributed by atoms with Crippen LogP contribution >= 0.6 is 0 Å². The summed E-state index contributed by atoms with van der Waals surface area (Å²) in [6.45, 7) is 5.02. The van der Waals surface area contributed by atoms with Crippen molar-refractivity contribution in [3.8, 4) is 11.3 Å². The number of rotatable bonds is 5. The zero-order chi connectivity index (χ0) is 15.4. The van der Waals surface area contributed by atoms with Gasteiger partial charge in [-0.15, -0.1) is 0 Å². The third kappa shape index (κ3) is 3.17. The fourth-order valence-corrected chi connectivity index (χ4v) is 2.96. The van der Waals surface area contributed by atoms with Crippen LogP contribution in [0.3, 0.4) is 0 Å². The van der Waals surface area contributed by atoms with Crippen molar-refractivity contribution < 1.29 is 4.79 Å². The first-order valence-corrected chi connectivity index (χ1v) is 7.76. The SMILES string of the molecule is CCN1CCC[C@@H]1CNC(=O)c1cc(-c2ccncc2)n[nH]1. The minimum Gasteiger partial charge on any atom is -0.349 e. The molecule has 0 aromatic carbocycles. The van der Waals surface area contributed by atoms with Crippen LogP contribution in [0.2, 0.25) is 0 Å². The average molecular weight is 299 g/mol. The summed E-state index contributed by atoms with van der Waals surface area (Å²) in [6, 6.07) is 5.97. The minimum absolute atomic E-state index is 0.101. The lowest BCUT2D eigenvalue weighted by Crippen LogP contribution is -2.40. The Bertz CT molecular complexity index is 624. The van der Waals surface area contributed by atoms with Crippen molar-refractivity contribution in [2.45, 2.75) is 25.8 Å². The standard InChI is InChI=1S/C16H21N5O/c1-2-21-9-3-4-13(21)11-18-16(22)15-10-14(19-20-15)12-5-7-17-8-6-12/h5-8,10,13H,2-4,9,11H2,1H3,(H,18,22)(H,19,20)/t13-/m1/s1. The van der Waals surface area contributed by atoms with Crippen molar-refractivity contribution >= 4 is 5.91 Å². The third-order valence-corrected chi connectivity index (χ3v) is 4.20. The van der Waals surface area contributed by atoms with E-state index >= 15 is 0 Å². The maximum Gasteiger partial charge on any atom is 0.269 e. The van der Waals surface area contributed by atoms with Crippen LogP contribution in [0.1, 0.15) is 30.3 Å². The molecule has 22 heavy (non-hydrogen) atoms. The van der Waals surface area contributed by atoms with Gasteiger partial charge >= 0.3 is 0 Å². The first-order chi connectivity index (χ1) is 10.8. The van der Waals surface area contributed by atoms with Crippen LogP contribution in [0.25, 0.3) is 11.3 Å². The van der Waals surface area contributed by atoms with Crippen molar-refractivity contribution in [1.82, 2.24) is 25.4 Å². The number of hydrogen-bond acceptors (Lipinski definition) is 4. The van der Waals surface area contributed by atoms with Crippen LogP contribution in [-0.2, 0) is 0 Å². The minimum atomic E-state index is -0.101. The number of carbonyl (C=O) groups excluding carboxylic acids is 1. The van der Waals surface area contributed by atoms with Crippen LogP contribution in [-0.4, -0.2) is 51.7 Å². The number of pyridine rings is 1. The second-order valence-corrected chi connectivity index (χ2v) is 5.54. The van der Waals surface area contributed by atoms with Gasteiger partial charge in [-0.1, -0.05) is 6.92 Å². The fraction of sp³-hybridized carbons (Fsp3) is 0.438. The number of nitrogens with one attached hydrogen (secondary N) is 2. The molecular weight excluding hydrogens is 278 g/mol. The summed E-state index contributed by atoms with van der Waals surface area (Å²) >= 11 is 0. The van der Waals surface area contributed by atoms with Crippen molar-refractivity contribution in [1.29, 1.82) is 0 Å². The number of aromatic nitrogens is 3. The molecule has 2 aromatic heterocycles. The number of likely N-dealkylation sites (N-methyl/N-ethyl adjacent to an activating group) is 1. The summed E-state index contributed by atoms with van der Waals surface area (Å²) < 4.78 is 0. The van der Waals surface area contributed by atoms with Gasteiger partial charge in [0.15, 0.2) is 0 Å². The molecule has 116 valence electrons. The number of amides is 1. The molecule has 1 saturated heterocycles. The van der Waals surface area contributed by atoms with Crippen molar-refractivity contribution in [3.05, 3.63) is 36.3 Å². The maximum atomic E-state index is 12.2. The highest BCUT2D eigenvalue weighted by atomic mass is 16.1. The van der Waals surface area contributed by atoms with Crippen LogP contribution in [0.4, 0.5) is 0 Å². The first kappa shape index (κ1) is 14.7. The molecule has 1 amide bonds. The quantitative estimate of drug-likeness (QED) is 0.881. The molecule has 1 aliphatic heterocycles. The number of H-pyrrole nitrogens is 1. The highest BCUT2D eigenvalue weighted by Gasteiger charge is 2.23. The number of nitrogens with zero attached hydrogens (tertiary/aromatic N) is 3. The maximum absolute atomic E-state index is 12.2. The molecule has 0 radical (unpaired) electrons. The van der Waals surface area contributed by atoms with Crippen molar-refractivity contribution in [2.24, 2.45) is 0 Å². The van der Waals surface area contributed by atoms with Crippen LogP contribution < -0.4 is 5.32 Å². The van der Waals surface area contributed by atoms with E-state index in [-0.39, 0.29) is 5.91 Å². The number of carbonyl (C=O) groups is 1. The molecule has 6 heteroatoms. The van der Waals surface area contributed by atoms with Gasteiger partial charge in [0.1, 0.15) is 5.69 Å². The van der Waals surface area contributed by atoms with Gasteiger partial charge in [0, 0.05) is 30.5 Å². The van der Waals surface area contributed by atoms with E-state index in [4.69, 9.17) is 0 Å². The summed E-state index contributed by atoms with van der Waals surface area (Å²) in [6.07, 6.45) is 5.79. The zero-order valence-corrected chi connectivity index (χ0v) is 12.7. The van der Waals surface area contributed by atoms with E-state index in [1.165, 1.54) is 6.42 Å². The van der Waals surface area contributed by atoms with E-state index in [0.29, 0.717) is 18.3 Å². The molecule has 3 heterocycles. The lowest BCUT2D eigenvalue weighted by Gasteiger charge is -2.22. The summed E-state index contributed by atoms with van der Waals surface area (Å²) in [7, 11) is 0. The predicted molar refractivity (Wildman–Crippen MR) is 84.4 cm³/mol. The Morgan fingerprint density at radius 2 is 2.27 bits per heavy atom. The Labute approximate surface area is 129 Å². The normalized spacial score (nSPS) is 18.5. The topological polar surface area (TPSA) is 73.9 Å². The molecule has 0 aliphatic carbocycles. The average Bonchev–Trinajstić information content (AvgIpc) is 3.22. The van der Waals surface area contributed by atoms with E-state index in [2.05, 4.69) is 32.3 Å². The highest BCUT2D eigenvalue weighted by molar-refractivity contribution is 5.93. The van der Waals surface area contributed by atoms with Gasteiger partial charge in [0.2, 0.25) is 0 Å². The number of aromatic amines is 1. The van der Waals surface area contributed by atoms with Gasteiger partial charge in [0.25, 0.3) is 5.91 Å². The van der Waals surface area contributed by atoms with Crippen LogP contribution in [0, 0.1) is 0 Å². The molecule has 3 rings (SSSR count). The number of hydrogen-bond donors (Lipinski definition) is 2. The Morgan fingerprint density at radius 1 is 1.45 bits per heavy atom. The van der Waals surface area contributed by atoms with Crippen LogP contribution in [0.15, 0.2) is 30.6 Å². The molecule has 0 unspecified atom stereocenters. The Balaban J connectivity index is 1.60. The second kappa shape index (κ2) is 6.70. The summed E-state index contributed by atoms with van der Waals surface area (Å²) in [5.41, 5.74) is 2.19. The first-order valence-electron chi connectivity index (χ1n) is 7.76. The largest absolute Gasteiger partial charge is 0.349 e. The molecule has 0 bridgehead atoms.